The zero-order valence-electron chi connectivity index (χ0n) is 21.0. The van der Waals surface area contributed by atoms with Crippen LogP contribution in [0, 0.1) is 23.2 Å². The van der Waals surface area contributed by atoms with Crippen molar-refractivity contribution in [2.45, 2.75) is 25.8 Å². The third-order valence-corrected chi connectivity index (χ3v) is 5.81. The summed E-state index contributed by atoms with van der Waals surface area (Å²) in [5, 5.41) is 59.4. The number of H-pyrrole nitrogens is 1. The Morgan fingerprint density at radius 1 is 0.833 bits per heavy atom. The Morgan fingerprint density at radius 2 is 1.22 bits per heavy atom. The average Bonchev–Trinajstić information content (AvgIpc) is 2.85. The number of nitrogens with two attached hydrogens (primary N) is 1. The number of aliphatic hydroxyl groups is 6. The lowest BCUT2D eigenvalue weighted by Crippen LogP contribution is -2.44. The number of hydrogen-bond donors (Lipinski definition) is 8. The molecule has 0 bridgehead atoms. The standard InChI is InChI=1S/C23H45N3O10/c24-22(33)3-1-2-21-4-26(25-21)14-23(15-34-11-18(5-27)6-28,16-35-12-19(7-29)8-30)17-36-13-20(9-31)10-32/h4,18-20,25,27-32H,1-3,5-17H2,(H2,24,33). The second kappa shape index (κ2) is 18.7. The van der Waals surface area contributed by atoms with E-state index in [0.717, 1.165) is 5.69 Å². The molecule has 0 radical (unpaired) electrons. The van der Waals surface area contributed by atoms with Gasteiger partial charge in [0.25, 0.3) is 0 Å². The molecule has 13 nitrogen and oxygen atoms in total. The number of primary amides is 1. The van der Waals surface area contributed by atoms with Crippen LogP contribution in [-0.2, 0) is 32.0 Å². The molecule has 1 aromatic heterocycles. The van der Waals surface area contributed by atoms with Crippen LogP contribution in [-0.4, -0.2) is 126 Å². The molecule has 0 atom stereocenters. The fraction of sp³-hybridized carbons (Fsp3) is 0.870. The van der Waals surface area contributed by atoms with Crippen molar-refractivity contribution < 1.29 is 49.6 Å². The van der Waals surface area contributed by atoms with Crippen LogP contribution < -0.4 is 5.73 Å². The molecule has 9 N–H and O–H groups in total. The highest BCUT2D eigenvalue weighted by Gasteiger charge is 2.34. The van der Waals surface area contributed by atoms with Gasteiger partial charge in [-0.1, -0.05) is 0 Å². The first kappa shape index (κ1) is 32.5. The first-order valence-electron chi connectivity index (χ1n) is 12.3. The predicted molar refractivity (Wildman–Crippen MR) is 129 cm³/mol. The van der Waals surface area contributed by atoms with E-state index in [1.54, 1.807) is 0 Å². The Hall–Kier alpha value is -1.55. The molecule has 0 saturated heterocycles. The fourth-order valence-corrected chi connectivity index (χ4v) is 3.47. The summed E-state index contributed by atoms with van der Waals surface area (Å²) < 4.78 is 19.4. The van der Waals surface area contributed by atoms with Crippen molar-refractivity contribution in [2.75, 3.05) is 79.3 Å². The zero-order valence-corrected chi connectivity index (χ0v) is 21.0. The summed E-state index contributed by atoms with van der Waals surface area (Å²) in [7, 11) is 0. The average molecular weight is 524 g/mol. The van der Waals surface area contributed by atoms with E-state index >= 15 is 0 Å². The van der Waals surface area contributed by atoms with Crippen molar-refractivity contribution in [3.8, 4) is 0 Å². The molecule has 13 heteroatoms. The minimum atomic E-state index is -0.761. The van der Waals surface area contributed by atoms with Gasteiger partial charge in [0.05, 0.1) is 91.2 Å². The number of aromatic amines is 1. The number of carbonyl (C=O) groups excluding carboxylic acids is 1. The van der Waals surface area contributed by atoms with Gasteiger partial charge >= 0.3 is 0 Å². The largest absolute Gasteiger partial charge is 0.396 e. The number of ether oxygens (including phenoxy) is 3. The Morgan fingerprint density at radius 3 is 1.56 bits per heavy atom. The highest BCUT2D eigenvalue weighted by Crippen LogP contribution is 2.25. The molecule has 0 fully saturated rings. The van der Waals surface area contributed by atoms with Crippen LogP contribution in [0.5, 0.6) is 0 Å². The second-order valence-corrected chi connectivity index (χ2v) is 9.45. The van der Waals surface area contributed by atoms with E-state index in [0.29, 0.717) is 25.8 Å². The van der Waals surface area contributed by atoms with Crippen molar-refractivity contribution in [3.63, 3.8) is 0 Å². The van der Waals surface area contributed by atoms with Crippen molar-refractivity contribution in [1.82, 2.24) is 9.78 Å². The molecule has 0 aromatic carbocycles. The number of nitrogens with zero attached hydrogens (tertiary/aromatic N) is 1. The van der Waals surface area contributed by atoms with Gasteiger partial charge in [0, 0.05) is 36.1 Å². The maximum atomic E-state index is 11.0. The molecule has 212 valence electrons. The molecule has 1 amide bonds. The van der Waals surface area contributed by atoms with Gasteiger partial charge in [-0.3, -0.25) is 9.48 Å². The van der Waals surface area contributed by atoms with E-state index in [1.807, 2.05) is 10.9 Å². The molecule has 0 unspecified atom stereocenters. The quantitative estimate of drug-likeness (QED) is 0.0711. The summed E-state index contributed by atoms with van der Waals surface area (Å²) in [6.45, 7) is -0.260. The minimum absolute atomic E-state index is 0.113. The summed E-state index contributed by atoms with van der Waals surface area (Å²) in [5.74, 6) is -1.67. The molecule has 1 aromatic rings. The Bertz CT molecular complexity index is 614. The molecular formula is C23H45N3O10. The van der Waals surface area contributed by atoms with Crippen molar-refractivity contribution in [2.24, 2.45) is 28.9 Å². The highest BCUT2D eigenvalue weighted by atomic mass is 16.5. The van der Waals surface area contributed by atoms with Gasteiger partial charge in [0.2, 0.25) is 5.91 Å². The summed E-state index contributed by atoms with van der Waals surface area (Å²) in [4.78, 5) is 11.0. The lowest BCUT2D eigenvalue weighted by atomic mass is 9.90. The number of amides is 1. The first-order chi connectivity index (χ1) is 17.3. The number of nitrogens with one attached hydrogen (secondary N) is 1. The zero-order chi connectivity index (χ0) is 26.8. The Balaban J connectivity index is 2.96. The molecular weight excluding hydrogens is 478 g/mol. The molecule has 0 saturated carbocycles. The van der Waals surface area contributed by atoms with Gasteiger partial charge in [-0.15, -0.1) is 0 Å². The molecule has 1 heterocycles. The SMILES string of the molecule is NC(=O)CCCc1cn(CC(COCC(CO)CO)(COCC(CO)CO)COCC(CO)CO)[nH]1. The lowest BCUT2D eigenvalue weighted by Gasteiger charge is -2.36. The second-order valence-electron chi connectivity index (χ2n) is 9.45. The van der Waals surface area contributed by atoms with Crippen LogP contribution in [0.4, 0.5) is 0 Å². The van der Waals surface area contributed by atoms with Crippen molar-refractivity contribution in [3.05, 3.63) is 11.9 Å². The molecule has 1 rings (SSSR count). The Labute approximate surface area is 211 Å². The minimum Gasteiger partial charge on any atom is -0.396 e. The van der Waals surface area contributed by atoms with Crippen molar-refractivity contribution >= 4 is 5.91 Å². The Kier molecular flexibility index (Phi) is 16.8. The van der Waals surface area contributed by atoms with E-state index in [2.05, 4.69) is 5.10 Å². The van der Waals surface area contributed by atoms with Gasteiger partial charge in [0.1, 0.15) is 0 Å². The van der Waals surface area contributed by atoms with E-state index in [1.165, 1.54) is 0 Å². The van der Waals surface area contributed by atoms with Crippen LogP contribution in [0.3, 0.4) is 0 Å². The summed E-state index contributed by atoms with van der Waals surface area (Å²) in [6.07, 6.45) is 3.48. The number of hydrogen-bond acceptors (Lipinski definition) is 10. The van der Waals surface area contributed by atoms with Gasteiger partial charge in [-0.05, 0) is 12.8 Å². The summed E-state index contributed by atoms with van der Waals surface area (Å²) >= 11 is 0. The first-order valence-corrected chi connectivity index (χ1v) is 12.3. The number of aliphatic hydroxyl groups excluding tert-OH is 6. The van der Waals surface area contributed by atoms with Crippen LogP contribution in [0.25, 0.3) is 0 Å². The van der Waals surface area contributed by atoms with Gasteiger partial charge in [-0.2, -0.15) is 0 Å². The smallest absolute Gasteiger partial charge is 0.217 e. The number of aromatic nitrogens is 2. The van der Waals surface area contributed by atoms with E-state index < -0.39 is 23.2 Å². The predicted octanol–water partition coefficient (Wildman–Crippen LogP) is -2.54. The maximum Gasteiger partial charge on any atom is 0.217 e. The molecule has 0 spiro atoms. The molecule has 36 heavy (non-hydrogen) atoms. The van der Waals surface area contributed by atoms with E-state index in [4.69, 9.17) is 19.9 Å². The van der Waals surface area contributed by atoms with Gasteiger partial charge < -0.3 is 55.7 Å². The monoisotopic (exact) mass is 523 g/mol. The van der Waals surface area contributed by atoms with Gasteiger partial charge in [0.15, 0.2) is 0 Å². The third-order valence-electron chi connectivity index (χ3n) is 5.81. The third kappa shape index (κ3) is 12.6. The van der Waals surface area contributed by atoms with Crippen LogP contribution in [0.15, 0.2) is 6.20 Å². The van der Waals surface area contributed by atoms with Crippen LogP contribution >= 0.6 is 0 Å². The number of carbonyl (C=O) groups is 1. The lowest BCUT2D eigenvalue weighted by molar-refractivity contribution is -0.118. The normalized spacial score (nSPS) is 12.5. The number of aryl methyl sites for hydroxylation is 1. The van der Waals surface area contributed by atoms with Crippen LogP contribution in [0.1, 0.15) is 18.5 Å². The van der Waals surface area contributed by atoms with Crippen LogP contribution in [0.2, 0.25) is 0 Å². The molecule has 0 aliphatic heterocycles. The maximum absolute atomic E-state index is 11.0. The molecule has 0 aliphatic rings. The van der Waals surface area contributed by atoms with Gasteiger partial charge in [-0.25, -0.2) is 0 Å². The fourth-order valence-electron chi connectivity index (χ4n) is 3.47. The van der Waals surface area contributed by atoms with E-state index in [9.17, 15) is 35.4 Å². The topological polar surface area (TPSA) is 213 Å². The summed E-state index contributed by atoms with van der Waals surface area (Å²) in [5.41, 5.74) is 5.37. The molecule has 0 aliphatic carbocycles. The van der Waals surface area contributed by atoms with E-state index in [-0.39, 0.29) is 85.2 Å². The van der Waals surface area contributed by atoms with Crippen molar-refractivity contribution in [1.29, 1.82) is 0 Å². The number of rotatable bonds is 24. The highest BCUT2D eigenvalue weighted by molar-refractivity contribution is 5.73. The summed E-state index contributed by atoms with van der Waals surface area (Å²) in [6, 6.07) is 0.